The molecule has 0 fully saturated rings. The Labute approximate surface area is 200 Å². The maximum Gasteiger partial charge on any atom is 0.299 e. The van der Waals surface area contributed by atoms with Crippen LogP contribution >= 0.6 is 0 Å². The number of hydrogen-bond donors (Lipinski definition) is 1. The van der Waals surface area contributed by atoms with Crippen LogP contribution in [0.1, 0.15) is 57.4 Å². The predicted octanol–water partition coefficient (Wildman–Crippen LogP) is 6.30. The van der Waals surface area contributed by atoms with Crippen molar-refractivity contribution in [2.75, 3.05) is 31.7 Å². The van der Waals surface area contributed by atoms with Gasteiger partial charge in [-0.1, -0.05) is 57.6 Å². The first kappa shape index (κ1) is 27.0. The standard InChI is InChI=1S/C25H35N3O6/c1-2-3-4-5-6-7-8-9-21-10-13-23(14-11-21)34-19-18-33-17-16-26-24-15-12-22(27(29)30)20-25(24)28(31)32/h10-15,20,26H,2-9,16-19H2,1H3. The second kappa shape index (κ2) is 15.6. The van der Waals surface area contributed by atoms with Gasteiger partial charge in [-0.25, -0.2) is 0 Å². The van der Waals surface area contributed by atoms with Gasteiger partial charge in [0.05, 0.1) is 29.1 Å². The fraction of sp³-hybridized carbons (Fsp3) is 0.520. The molecule has 0 saturated heterocycles. The predicted molar refractivity (Wildman–Crippen MR) is 133 cm³/mol. The van der Waals surface area contributed by atoms with Crippen LogP contribution < -0.4 is 10.1 Å². The minimum atomic E-state index is -0.663. The lowest BCUT2D eigenvalue weighted by molar-refractivity contribution is -0.393. The summed E-state index contributed by atoms with van der Waals surface area (Å²) < 4.78 is 11.2. The van der Waals surface area contributed by atoms with Crippen LogP contribution in [0.5, 0.6) is 5.75 Å². The first-order chi connectivity index (χ1) is 16.5. The minimum Gasteiger partial charge on any atom is -0.491 e. The van der Waals surface area contributed by atoms with Gasteiger partial charge in [0.2, 0.25) is 0 Å². The Morgan fingerprint density at radius 3 is 2.21 bits per heavy atom. The van der Waals surface area contributed by atoms with Gasteiger partial charge in [0, 0.05) is 12.6 Å². The van der Waals surface area contributed by atoms with Crippen LogP contribution in [0.2, 0.25) is 0 Å². The van der Waals surface area contributed by atoms with Crippen molar-refractivity contribution < 1.29 is 19.3 Å². The molecular weight excluding hydrogens is 438 g/mol. The molecule has 2 aromatic rings. The summed E-state index contributed by atoms with van der Waals surface area (Å²) in [5, 5.41) is 24.8. The highest BCUT2D eigenvalue weighted by molar-refractivity contribution is 5.65. The zero-order valence-electron chi connectivity index (χ0n) is 19.9. The molecule has 0 unspecified atom stereocenters. The average Bonchev–Trinajstić information content (AvgIpc) is 2.83. The summed E-state index contributed by atoms with van der Waals surface area (Å²) in [6.45, 7) is 3.65. The van der Waals surface area contributed by atoms with Crippen molar-refractivity contribution in [3.05, 3.63) is 68.3 Å². The number of hydrogen-bond acceptors (Lipinski definition) is 7. The maximum atomic E-state index is 11.1. The van der Waals surface area contributed by atoms with Gasteiger partial charge in [-0.3, -0.25) is 20.2 Å². The molecule has 0 atom stereocenters. The maximum absolute atomic E-state index is 11.1. The van der Waals surface area contributed by atoms with Crippen molar-refractivity contribution in [1.82, 2.24) is 0 Å². The van der Waals surface area contributed by atoms with Crippen molar-refractivity contribution in [2.45, 2.75) is 58.3 Å². The average molecular weight is 474 g/mol. The summed E-state index contributed by atoms with van der Waals surface area (Å²) in [6, 6.07) is 11.7. The quantitative estimate of drug-likeness (QED) is 0.153. The van der Waals surface area contributed by atoms with E-state index in [9.17, 15) is 20.2 Å². The molecule has 0 saturated carbocycles. The number of non-ortho nitro benzene ring substituents is 1. The molecule has 34 heavy (non-hydrogen) atoms. The van der Waals surface area contributed by atoms with Crippen LogP contribution in [0.15, 0.2) is 42.5 Å². The summed E-state index contributed by atoms with van der Waals surface area (Å²) in [5.74, 6) is 0.798. The molecule has 0 aliphatic carbocycles. The molecule has 0 aliphatic heterocycles. The molecule has 2 rings (SSSR count). The molecule has 9 heteroatoms. The van der Waals surface area contributed by atoms with Crippen LogP contribution in [0.3, 0.4) is 0 Å². The van der Waals surface area contributed by atoms with Gasteiger partial charge in [-0.05, 0) is 36.6 Å². The summed E-state index contributed by atoms with van der Waals surface area (Å²) in [5.41, 5.74) is 0.875. The van der Waals surface area contributed by atoms with Gasteiger partial charge in [0.1, 0.15) is 18.0 Å². The van der Waals surface area contributed by atoms with E-state index in [1.54, 1.807) is 0 Å². The summed E-state index contributed by atoms with van der Waals surface area (Å²) in [6.07, 6.45) is 10.2. The van der Waals surface area contributed by atoms with Gasteiger partial charge in [0.25, 0.3) is 11.4 Å². The summed E-state index contributed by atoms with van der Waals surface area (Å²) >= 11 is 0. The highest BCUT2D eigenvalue weighted by Crippen LogP contribution is 2.28. The van der Waals surface area contributed by atoms with Crippen molar-refractivity contribution in [2.24, 2.45) is 0 Å². The molecule has 9 nitrogen and oxygen atoms in total. The van der Waals surface area contributed by atoms with Gasteiger partial charge < -0.3 is 14.8 Å². The normalized spacial score (nSPS) is 10.7. The van der Waals surface area contributed by atoms with Crippen LogP contribution in [0.4, 0.5) is 17.1 Å². The van der Waals surface area contributed by atoms with Crippen LogP contribution in [0, 0.1) is 20.2 Å². The Morgan fingerprint density at radius 2 is 1.53 bits per heavy atom. The highest BCUT2D eigenvalue weighted by atomic mass is 16.6. The molecule has 0 radical (unpaired) electrons. The van der Waals surface area contributed by atoms with E-state index in [0.29, 0.717) is 26.4 Å². The van der Waals surface area contributed by atoms with E-state index in [-0.39, 0.29) is 17.1 Å². The van der Waals surface area contributed by atoms with Crippen LogP contribution in [0.25, 0.3) is 0 Å². The number of anilines is 1. The SMILES string of the molecule is CCCCCCCCCc1ccc(OCCOCCNc2ccc([N+](=O)[O-])cc2[N+](=O)[O-])cc1. The van der Waals surface area contributed by atoms with Crippen molar-refractivity contribution in [1.29, 1.82) is 0 Å². The molecule has 0 amide bonds. The number of nitrogens with one attached hydrogen (secondary N) is 1. The first-order valence-electron chi connectivity index (χ1n) is 12.0. The molecule has 186 valence electrons. The highest BCUT2D eigenvalue weighted by Gasteiger charge is 2.18. The summed E-state index contributed by atoms with van der Waals surface area (Å²) in [4.78, 5) is 20.6. The second-order valence-electron chi connectivity index (χ2n) is 8.12. The van der Waals surface area contributed by atoms with E-state index >= 15 is 0 Å². The van der Waals surface area contributed by atoms with Crippen molar-refractivity contribution >= 4 is 17.1 Å². The van der Waals surface area contributed by atoms with E-state index in [1.165, 1.54) is 62.6 Å². The number of ether oxygens (including phenoxy) is 2. The Morgan fingerprint density at radius 1 is 0.824 bits per heavy atom. The molecule has 0 aromatic heterocycles. The zero-order valence-corrected chi connectivity index (χ0v) is 19.9. The Balaban J connectivity index is 1.58. The third-order valence-electron chi connectivity index (χ3n) is 5.44. The topological polar surface area (TPSA) is 117 Å². The second-order valence-corrected chi connectivity index (χ2v) is 8.12. The first-order valence-corrected chi connectivity index (χ1v) is 12.0. The number of nitro groups is 2. The number of unbranched alkanes of at least 4 members (excludes halogenated alkanes) is 6. The molecular formula is C25H35N3O6. The number of aryl methyl sites for hydroxylation is 1. The molecule has 2 aromatic carbocycles. The van der Waals surface area contributed by atoms with E-state index in [1.807, 2.05) is 12.1 Å². The van der Waals surface area contributed by atoms with Crippen molar-refractivity contribution in [3.8, 4) is 5.75 Å². The molecule has 1 N–H and O–H groups in total. The smallest absolute Gasteiger partial charge is 0.299 e. The van der Waals surface area contributed by atoms with Crippen LogP contribution in [-0.2, 0) is 11.2 Å². The number of rotatable bonds is 18. The van der Waals surface area contributed by atoms with Gasteiger partial charge in [-0.15, -0.1) is 0 Å². The lowest BCUT2D eigenvalue weighted by Gasteiger charge is -2.09. The van der Waals surface area contributed by atoms with Gasteiger partial charge in [0.15, 0.2) is 0 Å². The molecule has 0 heterocycles. The van der Waals surface area contributed by atoms with Gasteiger partial charge >= 0.3 is 0 Å². The molecule has 0 spiro atoms. The van der Waals surface area contributed by atoms with E-state index in [4.69, 9.17) is 9.47 Å². The Bertz CT molecular complexity index is 889. The number of nitro benzene ring substituents is 2. The molecule has 0 aliphatic rings. The fourth-order valence-corrected chi connectivity index (χ4v) is 3.55. The van der Waals surface area contributed by atoms with Gasteiger partial charge in [-0.2, -0.15) is 0 Å². The third-order valence-corrected chi connectivity index (χ3v) is 5.44. The Kier molecular flexibility index (Phi) is 12.4. The van der Waals surface area contributed by atoms with Crippen molar-refractivity contribution in [3.63, 3.8) is 0 Å². The third kappa shape index (κ3) is 10.2. The fourth-order valence-electron chi connectivity index (χ4n) is 3.55. The number of nitrogens with zero attached hydrogens (tertiary/aromatic N) is 2. The van der Waals surface area contributed by atoms with E-state index < -0.39 is 9.85 Å². The van der Waals surface area contributed by atoms with E-state index in [0.717, 1.165) is 18.2 Å². The largest absolute Gasteiger partial charge is 0.491 e. The Hall–Kier alpha value is -3.20. The van der Waals surface area contributed by atoms with E-state index in [2.05, 4.69) is 24.4 Å². The molecule has 0 bridgehead atoms. The zero-order chi connectivity index (χ0) is 24.6. The lowest BCUT2D eigenvalue weighted by atomic mass is 10.0. The number of benzene rings is 2. The van der Waals surface area contributed by atoms with Crippen LogP contribution in [-0.4, -0.2) is 36.2 Å². The summed E-state index contributed by atoms with van der Waals surface area (Å²) in [7, 11) is 0. The monoisotopic (exact) mass is 473 g/mol. The lowest BCUT2D eigenvalue weighted by Crippen LogP contribution is -2.14. The minimum absolute atomic E-state index is 0.215.